The fraction of sp³-hybridized carbons (Fsp3) is 0.412. The summed E-state index contributed by atoms with van der Waals surface area (Å²) in [6.07, 6.45) is 1.09. The summed E-state index contributed by atoms with van der Waals surface area (Å²) in [5.74, 6) is -0.959. The second kappa shape index (κ2) is 6.04. The number of nitrogens with two attached hydrogens (primary N) is 1. The Morgan fingerprint density at radius 1 is 1.30 bits per heavy atom. The van der Waals surface area contributed by atoms with Crippen molar-refractivity contribution in [3.05, 3.63) is 35.6 Å². The second-order valence-corrected chi connectivity index (χ2v) is 6.16. The van der Waals surface area contributed by atoms with Gasteiger partial charge in [0.15, 0.2) is 0 Å². The predicted octanol–water partition coefficient (Wildman–Crippen LogP) is 2.01. The largest absolute Gasteiger partial charge is 0.481 e. The lowest BCUT2D eigenvalue weighted by Crippen LogP contribution is -2.41. The van der Waals surface area contributed by atoms with Gasteiger partial charge in [-0.2, -0.15) is 0 Å². The summed E-state index contributed by atoms with van der Waals surface area (Å²) in [6, 6.07) is 7.06. The number of amides is 1. The van der Waals surface area contributed by atoms with Crippen LogP contribution in [0, 0.1) is 12.8 Å². The Labute approximate surface area is 133 Å². The number of carbonyl (C=O) groups excluding carboxylic acids is 1. The van der Waals surface area contributed by atoms with Crippen molar-refractivity contribution in [2.75, 3.05) is 13.1 Å². The summed E-state index contributed by atoms with van der Waals surface area (Å²) in [7, 11) is 0. The number of carboxylic acid groups (broad SMARTS) is 1. The fourth-order valence-electron chi connectivity index (χ4n) is 3.12. The number of furan rings is 1. The quantitative estimate of drug-likeness (QED) is 0.883. The highest BCUT2D eigenvalue weighted by atomic mass is 16.4. The minimum absolute atomic E-state index is 0.179. The number of aryl methyl sites for hydroxylation is 1. The lowest BCUT2D eigenvalue weighted by molar-refractivity contribution is -0.142. The molecule has 0 bridgehead atoms. The zero-order chi connectivity index (χ0) is 16.6. The monoisotopic (exact) mass is 316 g/mol. The summed E-state index contributed by atoms with van der Waals surface area (Å²) < 4.78 is 5.65. The van der Waals surface area contributed by atoms with E-state index in [9.17, 15) is 14.7 Å². The number of nitrogens with zero attached hydrogens (tertiary/aromatic N) is 1. The maximum Gasteiger partial charge on any atom is 0.308 e. The van der Waals surface area contributed by atoms with Crippen LogP contribution in [0.25, 0.3) is 11.0 Å². The highest BCUT2D eigenvalue weighted by molar-refractivity contribution is 6.05. The molecular weight excluding hydrogens is 296 g/mol. The zero-order valence-electron chi connectivity index (χ0n) is 13.0. The van der Waals surface area contributed by atoms with Crippen LogP contribution < -0.4 is 5.73 Å². The number of benzene rings is 1. The predicted molar refractivity (Wildman–Crippen MR) is 85.2 cm³/mol. The molecule has 6 heteroatoms. The molecule has 2 atom stereocenters. The molecule has 2 aromatic rings. The second-order valence-electron chi connectivity index (χ2n) is 6.16. The van der Waals surface area contributed by atoms with E-state index < -0.39 is 11.9 Å². The van der Waals surface area contributed by atoms with Gasteiger partial charge in [0, 0.05) is 24.5 Å². The van der Waals surface area contributed by atoms with Crippen molar-refractivity contribution in [3.8, 4) is 0 Å². The van der Waals surface area contributed by atoms with Crippen molar-refractivity contribution in [2.24, 2.45) is 11.7 Å². The van der Waals surface area contributed by atoms with Gasteiger partial charge in [0.2, 0.25) is 0 Å². The number of para-hydroxylation sites is 1. The number of hydrogen-bond donors (Lipinski definition) is 2. The first-order chi connectivity index (χ1) is 11.0. The lowest BCUT2D eigenvalue weighted by Gasteiger charge is -2.24. The SMILES string of the molecule is Cc1cc2cccc(C(=O)N3C[C@H](N)CC[C@H](C(=O)O)C3)c2o1. The molecule has 2 heterocycles. The van der Waals surface area contributed by atoms with Crippen LogP contribution in [0.1, 0.15) is 29.0 Å². The summed E-state index contributed by atoms with van der Waals surface area (Å²) in [4.78, 5) is 25.8. The molecule has 1 fully saturated rings. The first-order valence-electron chi connectivity index (χ1n) is 7.72. The van der Waals surface area contributed by atoms with Crippen molar-refractivity contribution in [2.45, 2.75) is 25.8 Å². The van der Waals surface area contributed by atoms with E-state index in [1.165, 1.54) is 0 Å². The van der Waals surface area contributed by atoms with Crippen molar-refractivity contribution in [3.63, 3.8) is 0 Å². The summed E-state index contributed by atoms with van der Waals surface area (Å²) in [5, 5.41) is 10.2. The molecule has 1 aromatic carbocycles. The molecule has 0 unspecified atom stereocenters. The first-order valence-corrected chi connectivity index (χ1v) is 7.72. The van der Waals surface area contributed by atoms with Crippen LogP contribution in [0.4, 0.5) is 0 Å². The molecule has 23 heavy (non-hydrogen) atoms. The number of likely N-dealkylation sites (tertiary alicyclic amines) is 1. The van der Waals surface area contributed by atoms with Gasteiger partial charge in [0.05, 0.1) is 11.5 Å². The summed E-state index contributed by atoms with van der Waals surface area (Å²) >= 11 is 0. The lowest BCUT2D eigenvalue weighted by atomic mass is 10.0. The average molecular weight is 316 g/mol. The van der Waals surface area contributed by atoms with Crippen LogP contribution in [-0.2, 0) is 4.79 Å². The molecule has 0 spiro atoms. The number of carbonyl (C=O) groups is 2. The number of fused-ring (bicyclic) bond motifs is 1. The number of aliphatic carboxylic acids is 1. The third-order valence-electron chi connectivity index (χ3n) is 4.32. The van der Waals surface area contributed by atoms with E-state index in [4.69, 9.17) is 10.2 Å². The molecule has 0 saturated carbocycles. The van der Waals surface area contributed by atoms with Gasteiger partial charge in [-0.15, -0.1) is 0 Å². The number of carboxylic acids is 1. The van der Waals surface area contributed by atoms with Crippen molar-refractivity contribution < 1.29 is 19.1 Å². The Hall–Kier alpha value is -2.34. The van der Waals surface area contributed by atoms with Crippen LogP contribution in [0.5, 0.6) is 0 Å². The van der Waals surface area contributed by atoms with Crippen LogP contribution in [0.2, 0.25) is 0 Å². The minimum Gasteiger partial charge on any atom is -0.481 e. The van der Waals surface area contributed by atoms with Gasteiger partial charge in [0.1, 0.15) is 11.3 Å². The molecule has 1 saturated heterocycles. The number of hydrogen-bond acceptors (Lipinski definition) is 4. The fourth-order valence-corrected chi connectivity index (χ4v) is 3.12. The Kier molecular flexibility index (Phi) is 4.09. The van der Waals surface area contributed by atoms with Crippen LogP contribution in [-0.4, -0.2) is 41.0 Å². The van der Waals surface area contributed by atoms with Crippen LogP contribution in [0.3, 0.4) is 0 Å². The molecule has 3 N–H and O–H groups in total. The van der Waals surface area contributed by atoms with Gasteiger partial charge in [-0.1, -0.05) is 12.1 Å². The van der Waals surface area contributed by atoms with Gasteiger partial charge >= 0.3 is 5.97 Å². The Balaban J connectivity index is 1.94. The first kappa shape index (κ1) is 15.6. The van der Waals surface area contributed by atoms with E-state index in [0.717, 1.165) is 11.1 Å². The Morgan fingerprint density at radius 3 is 2.83 bits per heavy atom. The summed E-state index contributed by atoms with van der Waals surface area (Å²) in [6.45, 7) is 2.37. The standard InChI is InChI=1S/C17H20N2O4/c1-10-7-11-3-2-4-14(15(11)23-10)16(20)19-8-12(17(21)22)5-6-13(18)9-19/h2-4,7,12-13H,5-6,8-9,18H2,1H3,(H,21,22)/t12-,13+/m0/s1. The van der Waals surface area contributed by atoms with Gasteiger partial charge < -0.3 is 20.2 Å². The van der Waals surface area contributed by atoms with Crippen LogP contribution >= 0.6 is 0 Å². The Morgan fingerprint density at radius 2 is 2.09 bits per heavy atom. The van der Waals surface area contributed by atoms with Gasteiger partial charge in [0.25, 0.3) is 5.91 Å². The minimum atomic E-state index is -0.885. The molecule has 1 aromatic heterocycles. The molecule has 3 rings (SSSR count). The van der Waals surface area contributed by atoms with E-state index in [0.29, 0.717) is 30.5 Å². The van der Waals surface area contributed by atoms with Crippen molar-refractivity contribution in [1.29, 1.82) is 0 Å². The van der Waals surface area contributed by atoms with E-state index in [-0.39, 0.29) is 18.5 Å². The zero-order valence-corrected chi connectivity index (χ0v) is 13.0. The average Bonchev–Trinajstić information content (AvgIpc) is 2.77. The topological polar surface area (TPSA) is 96.8 Å². The highest BCUT2D eigenvalue weighted by Crippen LogP contribution is 2.25. The van der Waals surface area contributed by atoms with Gasteiger partial charge in [-0.05, 0) is 31.9 Å². The van der Waals surface area contributed by atoms with E-state index >= 15 is 0 Å². The normalized spacial score (nSPS) is 22.1. The molecule has 122 valence electrons. The molecule has 1 aliphatic rings. The third-order valence-corrected chi connectivity index (χ3v) is 4.32. The van der Waals surface area contributed by atoms with Crippen molar-refractivity contribution >= 4 is 22.8 Å². The highest BCUT2D eigenvalue weighted by Gasteiger charge is 2.30. The van der Waals surface area contributed by atoms with E-state index in [1.54, 1.807) is 17.0 Å². The van der Waals surface area contributed by atoms with Gasteiger partial charge in [-0.25, -0.2) is 0 Å². The molecule has 1 amide bonds. The smallest absolute Gasteiger partial charge is 0.308 e. The summed E-state index contributed by atoms with van der Waals surface area (Å²) in [5.41, 5.74) is 7.00. The number of rotatable bonds is 2. The molecule has 0 radical (unpaired) electrons. The maximum absolute atomic E-state index is 12.9. The third kappa shape index (κ3) is 3.07. The van der Waals surface area contributed by atoms with E-state index in [2.05, 4.69) is 0 Å². The molecule has 0 aliphatic carbocycles. The molecule has 6 nitrogen and oxygen atoms in total. The van der Waals surface area contributed by atoms with Gasteiger partial charge in [-0.3, -0.25) is 9.59 Å². The maximum atomic E-state index is 12.9. The Bertz CT molecular complexity index is 752. The van der Waals surface area contributed by atoms with Crippen LogP contribution in [0.15, 0.2) is 28.7 Å². The molecular formula is C17H20N2O4. The molecule has 1 aliphatic heterocycles. The van der Waals surface area contributed by atoms with Crippen molar-refractivity contribution in [1.82, 2.24) is 4.90 Å². The van der Waals surface area contributed by atoms with E-state index in [1.807, 2.05) is 19.1 Å².